The second-order valence-corrected chi connectivity index (χ2v) is 7.79. The lowest BCUT2D eigenvalue weighted by molar-refractivity contribution is -0.441. The third kappa shape index (κ3) is 2.52. The quantitative estimate of drug-likeness (QED) is 0.663. The van der Waals surface area contributed by atoms with E-state index in [0.29, 0.717) is 0 Å². The highest BCUT2D eigenvalue weighted by molar-refractivity contribution is 5.82. The van der Waals surface area contributed by atoms with Crippen molar-refractivity contribution in [3.63, 3.8) is 0 Å². The average Bonchev–Trinajstić information content (AvgIpc) is 2.82. The molecule has 0 spiro atoms. The first-order valence-electron chi connectivity index (χ1n) is 9.24. The Morgan fingerprint density at radius 3 is 2.60 bits per heavy atom. The number of para-hydroxylation sites is 2. The highest BCUT2D eigenvalue weighted by atomic mass is 15.2. The first kappa shape index (κ1) is 16.1. The fourth-order valence-corrected chi connectivity index (χ4v) is 4.71. The Labute approximate surface area is 151 Å². The molecule has 128 valence electrons. The third-order valence-electron chi connectivity index (χ3n) is 5.74. The number of fused-ring (bicyclic) bond motifs is 2. The lowest BCUT2D eigenvalue weighted by Crippen LogP contribution is -2.26. The molecule has 0 radical (unpaired) electrons. The first-order chi connectivity index (χ1) is 12.0. The van der Waals surface area contributed by atoms with Crippen LogP contribution >= 0.6 is 0 Å². The molecule has 2 heterocycles. The maximum atomic E-state index is 2.44. The summed E-state index contributed by atoms with van der Waals surface area (Å²) in [6.07, 6.45) is 4.76. The van der Waals surface area contributed by atoms with Crippen molar-refractivity contribution in [3.05, 3.63) is 70.9 Å². The number of rotatable bonds is 1. The summed E-state index contributed by atoms with van der Waals surface area (Å²) in [5, 5.41) is 0. The maximum absolute atomic E-state index is 2.44. The van der Waals surface area contributed by atoms with Crippen molar-refractivity contribution in [3.8, 4) is 0 Å². The van der Waals surface area contributed by atoms with Crippen molar-refractivity contribution >= 4 is 17.6 Å². The average molecular weight is 331 g/mol. The van der Waals surface area contributed by atoms with Gasteiger partial charge in [0.1, 0.15) is 6.54 Å². The van der Waals surface area contributed by atoms with Crippen molar-refractivity contribution in [2.45, 2.75) is 39.0 Å². The first-order valence-corrected chi connectivity index (χ1v) is 9.24. The standard InChI is InChI=1S/C23H27N2/c1-17(16-25-15-9-11-18-10-5-7-13-20(18)25)22-23(2,3)19-12-6-8-14-21(19)24(22)4/h5-8,10,12-14,16H,9,11,15H2,1-4H3/q+1. The van der Waals surface area contributed by atoms with E-state index in [2.05, 4.69) is 92.0 Å². The van der Waals surface area contributed by atoms with Gasteiger partial charge in [0.15, 0.2) is 6.21 Å². The zero-order valence-electron chi connectivity index (χ0n) is 15.7. The maximum Gasteiger partial charge on any atom is 0.208 e. The van der Waals surface area contributed by atoms with Crippen LogP contribution in [-0.2, 0) is 11.8 Å². The molecule has 0 saturated carbocycles. The monoisotopic (exact) mass is 331 g/mol. The van der Waals surface area contributed by atoms with Gasteiger partial charge in [0.25, 0.3) is 0 Å². The molecule has 0 N–H and O–H groups in total. The molecular weight excluding hydrogens is 304 g/mol. The lowest BCUT2D eigenvalue weighted by atomic mass is 9.82. The predicted octanol–water partition coefficient (Wildman–Crippen LogP) is 5.05. The fraction of sp³-hybridized carbons (Fsp3) is 0.348. The normalized spacial score (nSPS) is 21.9. The van der Waals surface area contributed by atoms with Crippen LogP contribution < -0.4 is 4.90 Å². The van der Waals surface area contributed by atoms with Crippen molar-refractivity contribution in [1.82, 2.24) is 0 Å². The van der Waals surface area contributed by atoms with E-state index in [4.69, 9.17) is 0 Å². The Bertz CT molecular complexity index is 886. The molecular formula is C23H27N2+. The molecule has 25 heavy (non-hydrogen) atoms. The summed E-state index contributed by atoms with van der Waals surface area (Å²) in [5.41, 5.74) is 8.35. The van der Waals surface area contributed by atoms with E-state index in [1.54, 1.807) is 0 Å². The van der Waals surface area contributed by atoms with Gasteiger partial charge in [-0.25, -0.2) is 0 Å². The molecule has 0 bridgehead atoms. The van der Waals surface area contributed by atoms with E-state index >= 15 is 0 Å². The van der Waals surface area contributed by atoms with Crippen LogP contribution in [0.2, 0.25) is 0 Å². The van der Waals surface area contributed by atoms with Gasteiger partial charge in [0, 0.05) is 47.5 Å². The second-order valence-electron chi connectivity index (χ2n) is 7.79. The van der Waals surface area contributed by atoms with Crippen LogP contribution in [0, 0.1) is 0 Å². The van der Waals surface area contributed by atoms with Gasteiger partial charge in [0.2, 0.25) is 5.69 Å². The molecule has 4 rings (SSSR count). The van der Waals surface area contributed by atoms with E-state index in [-0.39, 0.29) is 5.41 Å². The number of benzene rings is 2. The molecule has 0 amide bonds. The number of nitrogens with zero attached hydrogens (tertiary/aromatic N) is 2. The molecule has 2 heteroatoms. The van der Waals surface area contributed by atoms with Crippen molar-refractivity contribution in [1.29, 1.82) is 0 Å². The molecule has 2 aromatic rings. The Hall–Kier alpha value is -2.35. The fourth-order valence-electron chi connectivity index (χ4n) is 4.71. The molecule has 0 unspecified atom stereocenters. The van der Waals surface area contributed by atoms with E-state index in [1.165, 1.54) is 46.6 Å². The summed E-state index contributed by atoms with van der Waals surface area (Å²) in [4.78, 5) is 2.37. The SMILES string of the molecule is CC(C=[N+]1CCCc2ccccc21)=C1N(C)c2ccccc2C1(C)C. The summed E-state index contributed by atoms with van der Waals surface area (Å²) in [7, 11) is 2.20. The van der Waals surface area contributed by atoms with Crippen molar-refractivity contribution in [2.24, 2.45) is 0 Å². The number of aryl methyl sites for hydroxylation is 1. The Morgan fingerprint density at radius 1 is 1.08 bits per heavy atom. The lowest BCUT2D eigenvalue weighted by Gasteiger charge is -2.25. The summed E-state index contributed by atoms with van der Waals surface area (Å²) in [6.45, 7) is 8.04. The number of anilines is 1. The van der Waals surface area contributed by atoms with Gasteiger partial charge in [-0.15, -0.1) is 0 Å². The summed E-state index contributed by atoms with van der Waals surface area (Å²) >= 11 is 0. The van der Waals surface area contributed by atoms with Gasteiger partial charge in [-0.2, -0.15) is 4.58 Å². The molecule has 0 saturated heterocycles. The number of likely N-dealkylation sites (N-methyl/N-ethyl adjacent to an activating group) is 1. The number of hydrogen-bond donors (Lipinski definition) is 0. The largest absolute Gasteiger partial charge is 0.347 e. The molecule has 2 aliphatic heterocycles. The van der Waals surface area contributed by atoms with Gasteiger partial charge >= 0.3 is 0 Å². The van der Waals surface area contributed by atoms with Crippen molar-refractivity contribution in [2.75, 3.05) is 18.5 Å². The van der Waals surface area contributed by atoms with Gasteiger partial charge in [-0.3, -0.25) is 0 Å². The molecule has 2 aliphatic rings. The number of allylic oxidation sites excluding steroid dienone is 2. The highest BCUT2D eigenvalue weighted by Crippen LogP contribution is 2.47. The van der Waals surface area contributed by atoms with E-state index in [9.17, 15) is 0 Å². The minimum atomic E-state index is 0.0290. The zero-order chi connectivity index (χ0) is 17.6. The van der Waals surface area contributed by atoms with E-state index < -0.39 is 0 Å². The predicted molar refractivity (Wildman–Crippen MR) is 106 cm³/mol. The molecule has 0 fully saturated rings. The number of hydrogen-bond acceptors (Lipinski definition) is 1. The molecule has 2 nitrogen and oxygen atoms in total. The Morgan fingerprint density at radius 2 is 1.80 bits per heavy atom. The van der Waals surface area contributed by atoms with Gasteiger partial charge < -0.3 is 4.90 Å². The van der Waals surface area contributed by atoms with Gasteiger partial charge in [-0.1, -0.05) is 50.2 Å². The smallest absolute Gasteiger partial charge is 0.208 e. The third-order valence-corrected chi connectivity index (χ3v) is 5.74. The van der Waals surface area contributed by atoms with Crippen LogP contribution in [-0.4, -0.2) is 24.4 Å². The summed E-state index contributed by atoms with van der Waals surface area (Å²) in [6, 6.07) is 17.6. The van der Waals surface area contributed by atoms with Crippen LogP contribution in [0.25, 0.3) is 0 Å². The second kappa shape index (κ2) is 5.87. The van der Waals surface area contributed by atoms with Crippen LogP contribution in [0.1, 0.15) is 38.3 Å². The summed E-state index contributed by atoms with van der Waals surface area (Å²) in [5.74, 6) is 0. The topological polar surface area (TPSA) is 6.25 Å². The van der Waals surface area contributed by atoms with Crippen LogP contribution in [0.15, 0.2) is 59.8 Å². The van der Waals surface area contributed by atoms with Crippen molar-refractivity contribution < 1.29 is 4.58 Å². The van der Waals surface area contributed by atoms with Crippen LogP contribution in [0.5, 0.6) is 0 Å². The van der Waals surface area contributed by atoms with Crippen LogP contribution in [0.3, 0.4) is 0 Å². The molecule has 0 aliphatic carbocycles. The minimum absolute atomic E-state index is 0.0290. The molecule has 0 atom stereocenters. The van der Waals surface area contributed by atoms with E-state index in [1.807, 2.05) is 0 Å². The molecule has 0 aromatic heterocycles. The Balaban J connectivity index is 1.83. The van der Waals surface area contributed by atoms with E-state index in [0.717, 1.165) is 6.54 Å². The molecule has 2 aromatic carbocycles. The summed E-state index contributed by atoms with van der Waals surface area (Å²) < 4.78 is 2.44. The Kier molecular flexibility index (Phi) is 3.79. The minimum Gasteiger partial charge on any atom is -0.347 e. The highest BCUT2D eigenvalue weighted by Gasteiger charge is 2.39. The zero-order valence-corrected chi connectivity index (χ0v) is 15.7. The van der Waals surface area contributed by atoms with Gasteiger partial charge in [-0.05, 0) is 25.0 Å². The van der Waals surface area contributed by atoms with Crippen LogP contribution in [0.4, 0.5) is 11.4 Å². The van der Waals surface area contributed by atoms with Gasteiger partial charge in [0.05, 0.1) is 0 Å².